The summed E-state index contributed by atoms with van der Waals surface area (Å²) in [5.41, 5.74) is 5.62. The standard InChI is InChI=1S/C21H20N4O3S/c1-15-5-11-20(12-6-15)29(27,28)25-19-9-7-17(8-10-19)16(2)23-24-21(26)18-4-3-13-22-14-18/h3-14,25H,1-2H3,(H,24,26)/b23-16-. The monoisotopic (exact) mass is 408 g/mol. The first-order valence-electron chi connectivity index (χ1n) is 8.80. The smallest absolute Gasteiger partial charge is 0.272 e. The van der Waals surface area contributed by atoms with Crippen molar-refractivity contribution in [1.82, 2.24) is 10.4 Å². The Bertz CT molecular complexity index is 1120. The van der Waals surface area contributed by atoms with Crippen LogP contribution in [0.4, 0.5) is 5.69 Å². The second-order valence-corrected chi connectivity index (χ2v) is 8.06. The molecular weight excluding hydrogens is 388 g/mol. The Morgan fingerprint density at radius 2 is 1.66 bits per heavy atom. The van der Waals surface area contributed by atoms with E-state index >= 15 is 0 Å². The van der Waals surface area contributed by atoms with Gasteiger partial charge >= 0.3 is 0 Å². The van der Waals surface area contributed by atoms with Crippen LogP contribution in [-0.4, -0.2) is 25.0 Å². The maximum atomic E-state index is 12.5. The van der Waals surface area contributed by atoms with Gasteiger partial charge in [0.15, 0.2) is 0 Å². The number of hydrogen-bond acceptors (Lipinski definition) is 5. The molecule has 8 heteroatoms. The minimum Gasteiger partial charge on any atom is -0.280 e. The molecule has 1 heterocycles. The number of aryl methyl sites for hydroxylation is 1. The van der Waals surface area contributed by atoms with Gasteiger partial charge in [0.05, 0.1) is 16.2 Å². The van der Waals surface area contributed by atoms with Crippen molar-refractivity contribution in [2.24, 2.45) is 5.10 Å². The zero-order valence-corrected chi connectivity index (χ0v) is 16.8. The van der Waals surface area contributed by atoms with Gasteiger partial charge in [-0.3, -0.25) is 14.5 Å². The normalized spacial score (nSPS) is 11.7. The maximum absolute atomic E-state index is 12.5. The van der Waals surface area contributed by atoms with E-state index in [1.807, 2.05) is 6.92 Å². The molecule has 1 amide bonds. The predicted octanol–water partition coefficient (Wildman–Crippen LogP) is 3.34. The van der Waals surface area contributed by atoms with Gasteiger partial charge in [-0.15, -0.1) is 0 Å². The molecule has 0 bridgehead atoms. The van der Waals surface area contributed by atoms with E-state index in [1.165, 1.54) is 6.20 Å². The molecule has 148 valence electrons. The van der Waals surface area contributed by atoms with Crippen molar-refractivity contribution in [3.8, 4) is 0 Å². The molecule has 2 aromatic carbocycles. The van der Waals surface area contributed by atoms with Crippen LogP contribution in [0, 0.1) is 6.92 Å². The molecule has 0 aliphatic carbocycles. The number of nitrogens with zero attached hydrogens (tertiary/aromatic N) is 2. The number of benzene rings is 2. The number of hydrogen-bond donors (Lipinski definition) is 2. The summed E-state index contributed by atoms with van der Waals surface area (Å²) in [6, 6.07) is 16.7. The molecule has 0 aliphatic rings. The van der Waals surface area contributed by atoms with Crippen molar-refractivity contribution >= 4 is 27.3 Å². The third-order valence-electron chi connectivity index (χ3n) is 4.14. The van der Waals surface area contributed by atoms with Crippen molar-refractivity contribution < 1.29 is 13.2 Å². The van der Waals surface area contributed by atoms with Crippen LogP contribution < -0.4 is 10.1 Å². The van der Waals surface area contributed by atoms with Crippen LogP contribution in [-0.2, 0) is 10.0 Å². The molecule has 7 nitrogen and oxygen atoms in total. The minimum atomic E-state index is -3.66. The molecule has 0 atom stereocenters. The Balaban J connectivity index is 1.67. The van der Waals surface area contributed by atoms with E-state index in [2.05, 4.69) is 20.2 Å². The second kappa shape index (κ2) is 8.66. The molecule has 0 unspecified atom stereocenters. The van der Waals surface area contributed by atoms with Gasteiger partial charge in [-0.1, -0.05) is 29.8 Å². The van der Waals surface area contributed by atoms with Crippen LogP contribution in [0.1, 0.15) is 28.4 Å². The number of sulfonamides is 1. The first-order valence-corrected chi connectivity index (χ1v) is 10.3. The van der Waals surface area contributed by atoms with Gasteiger partial charge in [0.1, 0.15) is 0 Å². The molecule has 0 fully saturated rings. The highest BCUT2D eigenvalue weighted by molar-refractivity contribution is 7.92. The van der Waals surface area contributed by atoms with E-state index in [4.69, 9.17) is 0 Å². The summed E-state index contributed by atoms with van der Waals surface area (Å²) in [6.45, 7) is 3.64. The highest BCUT2D eigenvalue weighted by atomic mass is 32.2. The SMILES string of the molecule is C/C(=N/NC(=O)c1cccnc1)c1ccc(NS(=O)(=O)c2ccc(C)cc2)cc1. The Kier molecular flexibility index (Phi) is 6.04. The van der Waals surface area contributed by atoms with Crippen molar-refractivity contribution in [2.75, 3.05) is 4.72 Å². The number of carbonyl (C=O) groups excluding carboxylic acids is 1. The van der Waals surface area contributed by atoms with E-state index < -0.39 is 10.0 Å². The Labute approximate surface area is 169 Å². The quantitative estimate of drug-likeness (QED) is 0.482. The number of rotatable bonds is 6. The van der Waals surface area contributed by atoms with Crippen LogP contribution >= 0.6 is 0 Å². The zero-order chi connectivity index (χ0) is 20.9. The molecule has 3 rings (SSSR count). The predicted molar refractivity (Wildman–Crippen MR) is 112 cm³/mol. The Hall–Kier alpha value is -3.52. The number of aromatic nitrogens is 1. The highest BCUT2D eigenvalue weighted by Crippen LogP contribution is 2.17. The van der Waals surface area contributed by atoms with E-state index in [0.29, 0.717) is 17.0 Å². The second-order valence-electron chi connectivity index (χ2n) is 6.38. The lowest BCUT2D eigenvalue weighted by Crippen LogP contribution is -2.19. The molecule has 29 heavy (non-hydrogen) atoms. The first-order chi connectivity index (χ1) is 13.8. The van der Waals surface area contributed by atoms with Gasteiger partial charge in [0.25, 0.3) is 15.9 Å². The lowest BCUT2D eigenvalue weighted by atomic mass is 10.1. The summed E-state index contributed by atoms with van der Waals surface area (Å²) in [6.07, 6.45) is 3.04. The first kappa shape index (κ1) is 20.2. The van der Waals surface area contributed by atoms with Crippen LogP contribution in [0.15, 0.2) is 83.1 Å². The molecule has 0 saturated carbocycles. The molecule has 0 spiro atoms. The molecule has 0 aliphatic heterocycles. The minimum absolute atomic E-state index is 0.197. The number of pyridine rings is 1. The van der Waals surface area contributed by atoms with Gasteiger partial charge in [-0.25, -0.2) is 13.8 Å². The third kappa shape index (κ3) is 5.26. The van der Waals surface area contributed by atoms with Crippen molar-refractivity contribution in [2.45, 2.75) is 18.7 Å². The van der Waals surface area contributed by atoms with Gasteiger partial charge in [0, 0.05) is 18.1 Å². The topological polar surface area (TPSA) is 101 Å². The fraction of sp³-hybridized carbons (Fsp3) is 0.0952. The number of anilines is 1. The molecule has 1 aromatic heterocycles. The summed E-state index contributed by atoms with van der Waals surface area (Å²) < 4.78 is 27.5. The summed E-state index contributed by atoms with van der Waals surface area (Å²) in [5, 5.41) is 4.08. The molecular formula is C21H20N4O3S. The van der Waals surface area contributed by atoms with Crippen molar-refractivity contribution in [3.05, 3.63) is 89.7 Å². The maximum Gasteiger partial charge on any atom is 0.272 e. The Morgan fingerprint density at radius 1 is 0.966 bits per heavy atom. The third-order valence-corrected chi connectivity index (χ3v) is 5.53. The Morgan fingerprint density at radius 3 is 2.28 bits per heavy atom. The van der Waals surface area contributed by atoms with Crippen LogP contribution in [0.2, 0.25) is 0 Å². The van der Waals surface area contributed by atoms with E-state index in [9.17, 15) is 13.2 Å². The van der Waals surface area contributed by atoms with Crippen LogP contribution in [0.5, 0.6) is 0 Å². The number of nitrogens with one attached hydrogen (secondary N) is 2. The average Bonchev–Trinajstić information content (AvgIpc) is 2.73. The summed E-state index contributed by atoms with van der Waals surface area (Å²) in [4.78, 5) is 16.1. The molecule has 0 radical (unpaired) electrons. The van der Waals surface area contributed by atoms with Crippen LogP contribution in [0.3, 0.4) is 0 Å². The summed E-state index contributed by atoms with van der Waals surface area (Å²) >= 11 is 0. The fourth-order valence-electron chi connectivity index (χ4n) is 2.47. The summed E-state index contributed by atoms with van der Waals surface area (Å²) in [7, 11) is -3.66. The largest absolute Gasteiger partial charge is 0.280 e. The van der Waals surface area contributed by atoms with Gasteiger partial charge in [-0.2, -0.15) is 5.10 Å². The van der Waals surface area contributed by atoms with E-state index in [1.54, 1.807) is 73.8 Å². The molecule has 2 N–H and O–H groups in total. The summed E-state index contributed by atoms with van der Waals surface area (Å²) in [5.74, 6) is -0.361. The van der Waals surface area contributed by atoms with Crippen molar-refractivity contribution in [1.29, 1.82) is 0 Å². The van der Waals surface area contributed by atoms with Crippen molar-refractivity contribution in [3.63, 3.8) is 0 Å². The van der Waals surface area contributed by atoms with Gasteiger partial charge in [0.2, 0.25) is 0 Å². The fourth-order valence-corrected chi connectivity index (χ4v) is 3.53. The number of carbonyl (C=O) groups is 1. The van der Waals surface area contributed by atoms with E-state index in [0.717, 1.165) is 11.1 Å². The van der Waals surface area contributed by atoms with E-state index in [-0.39, 0.29) is 10.8 Å². The number of hydrazone groups is 1. The van der Waals surface area contributed by atoms with Gasteiger partial charge < -0.3 is 0 Å². The van der Waals surface area contributed by atoms with Crippen LogP contribution in [0.25, 0.3) is 0 Å². The lowest BCUT2D eigenvalue weighted by Gasteiger charge is -2.09. The molecule has 3 aromatic rings. The number of amides is 1. The average molecular weight is 408 g/mol. The zero-order valence-electron chi connectivity index (χ0n) is 16.0. The highest BCUT2D eigenvalue weighted by Gasteiger charge is 2.14. The lowest BCUT2D eigenvalue weighted by molar-refractivity contribution is 0.0954. The molecule has 0 saturated heterocycles. The van der Waals surface area contributed by atoms with Gasteiger partial charge in [-0.05, 0) is 55.8 Å².